The van der Waals surface area contributed by atoms with Crippen LogP contribution in [0.2, 0.25) is 0 Å². The first-order valence-electron chi connectivity index (χ1n) is 9.91. The van der Waals surface area contributed by atoms with Crippen LogP contribution >= 0.6 is 0 Å². The highest BCUT2D eigenvalue weighted by Crippen LogP contribution is 2.34. The van der Waals surface area contributed by atoms with Crippen LogP contribution < -0.4 is 10.1 Å². The first-order chi connectivity index (χ1) is 12.6. The number of ether oxygens (including phenoxy) is 1. The summed E-state index contributed by atoms with van der Waals surface area (Å²) in [4.78, 5) is 2.39. The molecular formula is C23H32N2O. The minimum Gasteiger partial charge on any atom is -0.492 e. The van der Waals surface area contributed by atoms with E-state index in [0.717, 1.165) is 45.0 Å². The largest absolute Gasteiger partial charge is 0.492 e. The van der Waals surface area contributed by atoms with Crippen molar-refractivity contribution in [3.63, 3.8) is 0 Å². The minimum absolute atomic E-state index is 0.282. The molecule has 1 heterocycles. The third-order valence-corrected chi connectivity index (χ3v) is 5.57. The van der Waals surface area contributed by atoms with Gasteiger partial charge in [-0.2, -0.15) is 0 Å². The zero-order valence-corrected chi connectivity index (χ0v) is 16.6. The molecular weight excluding hydrogens is 320 g/mol. The highest BCUT2D eigenvalue weighted by atomic mass is 16.5. The van der Waals surface area contributed by atoms with E-state index in [1.165, 1.54) is 27.8 Å². The quantitative estimate of drug-likeness (QED) is 0.806. The van der Waals surface area contributed by atoms with Crippen LogP contribution in [0, 0.1) is 13.8 Å². The predicted molar refractivity (Wildman–Crippen MR) is 109 cm³/mol. The third-order valence-electron chi connectivity index (χ3n) is 5.57. The summed E-state index contributed by atoms with van der Waals surface area (Å²) in [5, 5.41) is 3.72. The summed E-state index contributed by atoms with van der Waals surface area (Å²) < 4.78 is 6.03. The third kappa shape index (κ3) is 4.11. The average Bonchev–Trinajstić information content (AvgIpc) is 2.65. The molecule has 1 atom stereocenters. The van der Waals surface area contributed by atoms with Crippen LogP contribution in [0.4, 0.5) is 0 Å². The summed E-state index contributed by atoms with van der Waals surface area (Å²) in [5.41, 5.74) is 6.94. The smallest absolute Gasteiger partial charge is 0.119 e. The Morgan fingerprint density at radius 3 is 2.50 bits per heavy atom. The normalized spacial score (nSPS) is 16.6. The van der Waals surface area contributed by atoms with E-state index in [1.54, 1.807) is 0 Å². The summed E-state index contributed by atoms with van der Waals surface area (Å²) >= 11 is 0. The highest BCUT2D eigenvalue weighted by Gasteiger charge is 2.24. The Morgan fingerprint density at radius 1 is 1.08 bits per heavy atom. The fourth-order valence-electron chi connectivity index (χ4n) is 4.00. The van der Waals surface area contributed by atoms with E-state index in [0.29, 0.717) is 0 Å². The molecule has 3 rings (SSSR count). The maximum atomic E-state index is 6.03. The SMILES string of the molecule is CCN(CC)CCOc1ccc2c(c1)CCNC2c1c(C)cccc1C. The van der Waals surface area contributed by atoms with Crippen LogP contribution in [0.15, 0.2) is 36.4 Å². The zero-order valence-electron chi connectivity index (χ0n) is 16.6. The Morgan fingerprint density at radius 2 is 1.81 bits per heavy atom. The molecule has 0 saturated heterocycles. The second kappa shape index (κ2) is 8.70. The van der Waals surface area contributed by atoms with Crippen LogP contribution in [0.25, 0.3) is 0 Å². The van der Waals surface area contributed by atoms with Crippen LogP contribution in [0.1, 0.15) is 47.7 Å². The fraction of sp³-hybridized carbons (Fsp3) is 0.478. The van der Waals surface area contributed by atoms with Gasteiger partial charge in [-0.3, -0.25) is 0 Å². The molecule has 3 heteroatoms. The molecule has 140 valence electrons. The molecule has 1 aliphatic heterocycles. The topological polar surface area (TPSA) is 24.5 Å². The molecule has 0 fully saturated rings. The van der Waals surface area contributed by atoms with Gasteiger partial charge in [0.1, 0.15) is 12.4 Å². The van der Waals surface area contributed by atoms with Gasteiger partial charge in [-0.1, -0.05) is 38.1 Å². The van der Waals surface area contributed by atoms with Crippen LogP contribution in [0.5, 0.6) is 5.75 Å². The summed E-state index contributed by atoms with van der Waals surface area (Å²) in [6.45, 7) is 13.7. The maximum Gasteiger partial charge on any atom is 0.119 e. The average molecular weight is 353 g/mol. The standard InChI is InChI=1S/C23H32N2O/c1-5-25(6-2)14-15-26-20-10-11-21-19(16-20)12-13-24-23(21)22-17(3)8-7-9-18(22)4/h7-11,16,23-24H,5-6,12-15H2,1-4H3. The molecule has 0 aromatic heterocycles. The van der Waals surface area contributed by atoms with E-state index in [-0.39, 0.29) is 6.04 Å². The summed E-state index contributed by atoms with van der Waals surface area (Å²) in [6.07, 6.45) is 1.06. The van der Waals surface area contributed by atoms with Crippen molar-refractivity contribution in [3.8, 4) is 5.75 Å². The molecule has 0 saturated carbocycles. The number of likely N-dealkylation sites (N-methyl/N-ethyl adjacent to an activating group) is 1. The number of hydrogen-bond acceptors (Lipinski definition) is 3. The lowest BCUT2D eigenvalue weighted by Crippen LogP contribution is -2.31. The number of fused-ring (bicyclic) bond motifs is 1. The molecule has 1 N–H and O–H groups in total. The number of hydrogen-bond donors (Lipinski definition) is 1. The maximum absolute atomic E-state index is 6.03. The molecule has 0 radical (unpaired) electrons. The first kappa shape index (κ1) is 18.9. The van der Waals surface area contributed by atoms with E-state index < -0.39 is 0 Å². The van der Waals surface area contributed by atoms with Crippen molar-refractivity contribution in [2.75, 3.05) is 32.8 Å². The summed E-state index contributed by atoms with van der Waals surface area (Å²) in [6, 6.07) is 13.5. The molecule has 1 aliphatic rings. The van der Waals surface area contributed by atoms with Crippen molar-refractivity contribution in [1.82, 2.24) is 10.2 Å². The number of benzene rings is 2. The van der Waals surface area contributed by atoms with Crippen molar-refractivity contribution in [3.05, 3.63) is 64.2 Å². The van der Waals surface area contributed by atoms with Crippen molar-refractivity contribution >= 4 is 0 Å². The monoisotopic (exact) mass is 352 g/mol. The van der Waals surface area contributed by atoms with Gasteiger partial charge >= 0.3 is 0 Å². The molecule has 26 heavy (non-hydrogen) atoms. The van der Waals surface area contributed by atoms with Gasteiger partial charge < -0.3 is 15.0 Å². The van der Waals surface area contributed by atoms with Crippen LogP contribution in [-0.2, 0) is 6.42 Å². The van der Waals surface area contributed by atoms with Crippen LogP contribution in [-0.4, -0.2) is 37.7 Å². The van der Waals surface area contributed by atoms with Gasteiger partial charge in [-0.15, -0.1) is 0 Å². The molecule has 2 aromatic carbocycles. The van der Waals surface area contributed by atoms with Gasteiger partial charge in [0.15, 0.2) is 0 Å². The Bertz CT molecular complexity index is 717. The first-order valence-corrected chi connectivity index (χ1v) is 9.91. The molecule has 2 aromatic rings. The van der Waals surface area contributed by atoms with Gasteiger partial charge in [0.05, 0.1) is 6.04 Å². The van der Waals surface area contributed by atoms with Gasteiger partial charge in [0.25, 0.3) is 0 Å². The number of aryl methyl sites for hydroxylation is 2. The lowest BCUT2D eigenvalue weighted by atomic mass is 9.86. The van der Waals surface area contributed by atoms with E-state index in [2.05, 4.69) is 74.3 Å². The van der Waals surface area contributed by atoms with Gasteiger partial charge in [-0.25, -0.2) is 0 Å². The number of rotatable bonds is 7. The second-order valence-electron chi connectivity index (χ2n) is 7.18. The molecule has 0 spiro atoms. The van der Waals surface area contributed by atoms with Crippen LogP contribution in [0.3, 0.4) is 0 Å². The Kier molecular flexibility index (Phi) is 6.33. The number of nitrogens with one attached hydrogen (secondary N) is 1. The summed E-state index contributed by atoms with van der Waals surface area (Å²) in [5.74, 6) is 0.998. The van der Waals surface area contributed by atoms with Gasteiger partial charge in [0.2, 0.25) is 0 Å². The molecule has 0 amide bonds. The van der Waals surface area contributed by atoms with Gasteiger partial charge in [-0.05, 0) is 73.3 Å². The predicted octanol–water partition coefficient (Wildman–Crippen LogP) is 4.26. The van der Waals surface area contributed by atoms with Crippen molar-refractivity contribution in [1.29, 1.82) is 0 Å². The Balaban J connectivity index is 1.77. The lowest BCUT2D eigenvalue weighted by Gasteiger charge is -2.30. The van der Waals surface area contributed by atoms with E-state index in [9.17, 15) is 0 Å². The molecule has 1 unspecified atom stereocenters. The van der Waals surface area contributed by atoms with E-state index in [4.69, 9.17) is 4.74 Å². The molecule has 0 aliphatic carbocycles. The van der Waals surface area contributed by atoms with Crippen molar-refractivity contribution in [2.24, 2.45) is 0 Å². The van der Waals surface area contributed by atoms with E-state index in [1.807, 2.05) is 0 Å². The Labute approximate surface area is 158 Å². The summed E-state index contributed by atoms with van der Waals surface area (Å²) in [7, 11) is 0. The lowest BCUT2D eigenvalue weighted by molar-refractivity contribution is 0.222. The van der Waals surface area contributed by atoms with Gasteiger partial charge in [0, 0.05) is 13.1 Å². The zero-order chi connectivity index (χ0) is 18.5. The second-order valence-corrected chi connectivity index (χ2v) is 7.18. The molecule has 0 bridgehead atoms. The highest BCUT2D eigenvalue weighted by molar-refractivity contribution is 5.47. The Hall–Kier alpha value is -1.84. The number of nitrogens with zero attached hydrogens (tertiary/aromatic N) is 1. The molecule has 3 nitrogen and oxygen atoms in total. The minimum atomic E-state index is 0.282. The van der Waals surface area contributed by atoms with Crippen molar-refractivity contribution < 1.29 is 4.74 Å². The van der Waals surface area contributed by atoms with Crippen molar-refractivity contribution in [2.45, 2.75) is 40.2 Å². The van der Waals surface area contributed by atoms with E-state index >= 15 is 0 Å². The fourth-order valence-corrected chi connectivity index (χ4v) is 4.00.